The molecule has 0 aliphatic carbocycles. The molecular weight excluding hydrogens is 164 g/mol. The monoisotopic (exact) mass is 186 g/mol. The van der Waals surface area contributed by atoms with Gasteiger partial charge in [0.2, 0.25) is 0 Å². The van der Waals surface area contributed by atoms with E-state index in [0.29, 0.717) is 0 Å². The van der Waals surface area contributed by atoms with E-state index < -0.39 is 0 Å². The first-order chi connectivity index (χ1) is 5.70. The average molecular weight is 186 g/mol. The van der Waals surface area contributed by atoms with Gasteiger partial charge >= 0.3 is 0 Å². The van der Waals surface area contributed by atoms with E-state index in [1.165, 1.54) is 0 Å². The van der Waals surface area contributed by atoms with Crippen molar-refractivity contribution in [2.45, 2.75) is 59.9 Å². The van der Waals surface area contributed by atoms with Gasteiger partial charge in [0.25, 0.3) is 0 Å². The highest BCUT2D eigenvalue weighted by molar-refractivity contribution is 4.99. The number of ether oxygens (including phenoxy) is 1. The molecule has 0 amide bonds. The van der Waals surface area contributed by atoms with E-state index in [1.807, 2.05) is 13.8 Å². The molecule has 0 spiro atoms. The maximum atomic E-state index is 10.2. The summed E-state index contributed by atoms with van der Waals surface area (Å²) in [5.41, 5.74) is -0.313. The van der Waals surface area contributed by atoms with Crippen LogP contribution in [0.5, 0.6) is 0 Å². The molecule has 1 aliphatic rings. The van der Waals surface area contributed by atoms with Gasteiger partial charge in [0, 0.05) is 10.8 Å². The fourth-order valence-corrected chi connectivity index (χ4v) is 2.06. The van der Waals surface area contributed by atoms with Crippen molar-refractivity contribution in [1.82, 2.24) is 0 Å². The zero-order valence-electron chi connectivity index (χ0n) is 9.59. The second kappa shape index (κ2) is 2.96. The van der Waals surface area contributed by atoms with Crippen LogP contribution in [0.25, 0.3) is 0 Å². The molecule has 2 nitrogen and oxygen atoms in total. The summed E-state index contributed by atoms with van der Waals surface area (Å²) in [6.07, 6.45) is -0.0743. The minimum atomic E-state index is -0.307. The van der Waals surface area contributed by atoms with Gasteiger partial charge in [0.1, 0.15) is 0 Å². The predicted octanol–water partition coefficient (Wildman–Crippen LogP) is 2.21. The summed E-state index contributed by atoms with van der Waals surface area (Å²) < 4.78 is 5.83. The smallest absolute Gasteiger partial charge is 0.0691 e. The van der Waals surface area contributed by atoms with E-state index in [4.69, 9.17) is 4.74 Å². The van der Waals surface area contributed by atoms with Gasteiger partial charge in [-0.15, -0.1) is 0 Å². The molecule has 2 unspecified atom stereocenters. The quantitative estimate of drug-likeness (QED) is 0.628. The minimum Gasteiger partial charge on any atom is -0.392 e. The van der Waals surface area contributed by atoms with Crippen LogP contribution in [0.1, 0.15) is 41.5 Å². The standard InChI is InChI=1S/C11H22O2/c1-7-10(3,4)9(12)11(5,6)8(2)13-7/h7-9,12H,1-6H3. The molecule has 1 rings (SSSR count). The van der Waals surface area contributed by atoms with Crippen molar-refractivity contribution in [1.29, 1.82) is 0 Å². The van der Waals surface area contributed by atoms with Crippen LogP contribution in [0.4, 0.5) is 0 Å². The van der Waals surface area contributed by atoms with Crippen molar-refractivity contribution in [3.8, 4) is 0 Å². The molecule has 1 N–H and O–H groups in total. The molecule has 2 atom stereocenters. The van der Waals surface area contributed by atoms with Gasteiger partial charge in [0.15, 0.2) is 0 Å². The number of rotatable bonds is 0. The van der Waals surface area contributed by atoms with E-state index in [9.17, 15) is 5.11 Å². The Hall–Kier alpha value is -0.0800. The van der Waals surface area contributed by atoms with E-state index in [0.717, 1.165) is 0 Å². The molecule has 1 aliphatic heterocycles. The Labute approximate surface area is 81.3 Å². The molecular formula is C11H22O2. The molecule has 0 aromatic carbocycles. The first-order valence-electron chi connectivity index (χ1n) is 5.04. The van der Waals surface area contributed by atoms with Crippen molar-refractivity contribution in [2.24, 2.45) is 10.8 Å². The van der Waals surface area contributed by atoms with Crippen molar-refractivity contribution in [3.63, 3.8) is 0 Å². The molecule has 0 aromatic heterocycles. The largest absolute Gasteiger partial charge is 0.392 e. The number of hydrogen-bond acceptors (Lipinski definition) is 2. The molecule has 1 saturated heterocycles. The second-order valence-electron chi connectivity index (χ2n) is 5.47. The Morgan fingerprint density at radius 1 is 0.923 bits per heavy atom. The summed E-state index contributed by atoms with van der Waals surface area (Å²) in [6, 6.07) is 0. The fraction of sp³-hybridized carbons (Fsp3) is 1.00. The van der Waals surface area contributed by atoms with Gasteiger partial charge in [-0.05, 0) is 13.8 Å². The first kappa shape index (κ1) is 11.0. The lowest BCUT2D eigenvalue weighted by Crippen LogP contribution is -2.58. The van der Waals surface area contributed by atoms with Gasteiger partial charge in [-0.25, -0.2) is 0 Å². The Morgan fingerprint density at radius 2 is 1.23 bits per heavy atom. The van der Waals surface area contributed by atoms with E-state index in [2.05, 4.69) is 27.7 Å². The maximum absolute atomic E-state index is 10.2. The molecule has 78 valence electrons. The topological polar surface area (TPSA) is 29.5 Å². The second-order valence-corrected chi connectivity index (χ2v) is 5.47. The number of aliphatic hydroxyl groups excluding tert-OH is 1. The normalized spacial score (nSPS) is 43.2. The van der Waals surface area contributed by atoms with Crippen LogP contribution in [-0.2, 0) is 4.74 Å². The summed E-state index contributed by atoms with van der Waals surface area (Å²) in [5.74, 6) is 0. The third-order valence-electron chi connectivity index (χ3n) is 3.91. The Bertz CT molecular complexity index is 176. The summed E-state index contributed by atoms with van der Waals surface area (Å²) in [4.78, 5) is 0. The third kappa shape index (κ3) is 1.50. The Balaban J connectivity index is 2.96. The van der Waals surface area contributed by atoms with Gasteiger partial charge in [-0.3, -0.25) is 0 Å². The summed E-state index contributed by atoms with van der Waals surface area (Å²) in [5, 5.41) is 10.2. The van der Waals surface area contributed by atoms with Gasteiger partial charge < -0.3 is 9.84 Å². The third-order valence-corrected chi connectivity index (χ3v) is 3.91. The van der Waals surface area contributed by atoms with Gasteiger partial charge in [0.05, 0.1) is 18.3 Å². The SMILES string of the molecule is CC1OC(C)C(C)(C)C(O)C1(C)C. The van der Waals surface area contributed by atoms with Crippen LogP contribution >= 0.6 is 0 Å². The lowest BCUT2D eigenvalue weighted by molar-refractivity contribution is -0.227. The van der Waals surface area contributed by atoms with Crippen molar-refractivity contribution in [2.75, 3.05) is 0 Å². The van der Waals surface area contributed by atoms with Crippen molar-refractivity contribution in [3.05, 3.63) is 0 Å². The van der Waals surface area contributed by atoms with E-state index >= 15 is 0 Å². The maximum Gasteiger partial charge on any atom is 0.0691 e. The summed E-state index contributed by atoms with van der Waals surface area (Å²) in [7, 11) is 0. The molecule has 0 aromatic rings. The highest BCUT2D eigenvalue weighted by Gasteiger charge is 2.51. The molecule has 1 heterocycles. The summed E-state index contributed by atoms with van der Waals surface area (Å²) in [6.45, 7) is 12.3. The Morgan fingerprint density at radius 3 is 1.54 bits per heavy atom. The molecule has 1 fully saturated rings. The van der Waals surface area contributed by atoms with Crippen LogP contribution < -0.4 is 0 Å². The van der Waals surface area contributed by atoms with E-state index in [-0.39, 0.29) is 29.1 Å². The van der Waals surface area contributed by atoms with Crippen LogP contribution in [0.15, 0.2) is 0 Å². The minimum absolute atomic E-state index is 0.116. The lowest BCUT2D eigenvalue weighted by Gasteiger charge is -2.53. The summed E-state index contributed by atoms with van der Waals surface area (Å²) >= 11 is 0. The van der Waals surface area contributed by atoms with E-state index in [1.54, 1.807) is 0 Å². The molecule has 13 heavy (non-hydrogen) atoms. The highest BCUT2D eigenvalue weighted by atomic mass is 16.5. The van der Waals surface area contributed by atoms with Crippen LogP contribution in [0, 0.1) is 10.8 Å². The first-order valence-corrected chi connectivity index (χ1v) is 5.04. The number of aliphatic hydroxyl groups is 1. The Kier molecular flexibility index (Phi) is 2.50. The molecule has 0 saturated carbocycles. The zero-order chi connectivity index (χ0) is 10.4. The highest BCUT2D eigenvalue weighted by Crippen LogP contribution is 2.45. The zero-order valence-corrected chi connectivity index (χ0v) is 9.59. The van der Waals surface area contributed by atoms with Crippen molar-refractivity contribution >= 4 is 0 Å². The average Bonchev–Trinajstić information content (AvgIpc) is 2.00. The van der Waals surface area contributed by atoms with Gasteiger partial charge in [-0.1, -0.05) is 27.7 Å². The fourth-order valence-electron chi connectivity index (χ4n) is 2.06. The molecule has 2 heteroatoms. The number of hydrogen-bond donors (Lipinski definition) is 1. The predicted molar refractivity (Wildman–Crippen MR) is 53.6 cm³/mol. The molecule has 0 bridgehead atoms. The van der Waals surface area contributed by atoms with Crippen LogP contribution in [0.3, 0.4) is 0 Å². The molecule has 0 radical (unpaired) electrons. The van der Waals surface area contributed by atoms with Crippen molar-refractivity contribution < 1.29 is 9.84 Å². The van der Waals surface area contributed by atoms with Gasteiger partial charge in [-0.2, -0.15) is 0 Å². The lowest BCUT2D eigenvalue weighted by atomic mass is 9.65. The van der Waals surface area contributed by atoms with Crippen LogP contribution in [-0.4, -0.2) is 23.4 Å². The van der Waals surface area contributed by atoms with Crippen LogP contribution in [0.2, 0.25) is 0 Å².